The number of aryl methyl sites for hydroxylation is 1. The van der Waals surface area contributed by atoms with Gasteiger partial charge < -0.3 is 29.0 Å². The van der Waals surface area contributed by atoms with E-state index in [0.29, 0.717) is 13.0 Å². The molecule has 248 valence electrons. The van der Waals surface area contributed by atoms with Gasteiger partial charge in [-0.05, 0) is 51.3 Å². The minimum Gasteiger partial charge on any atom is -0.461 e. The lowest BCUT2D eigenvalue weighted by atomic mass is 9.97. The van der Waals surface area contributed by atoms with E-state index in [1.165, 1.54) is 19.1 Å². The van der Waals surface area contributed by atoms with E-state index in [0.717, 1.165) is 43.2 Å². The van der Waals surface area contributed by atoms with Crippen molar-refractivity contribution in [3.8, 4) is 0 Å². The lowest BCUT2D eigenvalue weighted by Crippen LogP contribution is -2.63. The van der Waals surface area contributed by atoms with E-state index in [2.05, 4.69) is 5.32 Å². The van der Waals surface area contributed by atoms with Crippen molar-refractivity contribution in [1.29, 1.82) is 0 Å². The summed E-state index contributed by atoms with van der Waals surface area (Å²) in [5.41, 5.74) is 1.89. The van der Waals surface area contributed by atoms with Gasteiger partial charge in [0, 0.05) is 20.0 Å². The normalized spacial score (nSPS) is 24.1. The molecule has 0 aliphatic carbocycles. The number of hydrogen-bond acceptors (Lipinski definition) is 10. The summed E-state index contributed by atoms with van der Waals surface area (Å²) in [5, 5.41) is 2.87. The molecule has 2 fully saturated rings. The fourth-order valence-electron chi connectivity index (χ4n) is 5.37. The van der Waals surface area contributed by atoms with Crippen LogP contribution in [-0.2, 0) is 54.2 Å². The van der Waals surface area contributed by atoms with Crippen LogP contribution in [-0.4, -0.2) is 69.9 Å². The van der Waals surface area contributed by atoms with Crippen molar-refractivity contribution in [3.63, 3.8) is 0 Å². The second-order valence-corrected chi connectivity index (χ2v) is 13.5. The zero-order valence-corrected chi connectivity index (χ0v) is 27.3. The third-order valence-electron chi connectivity index (χ3n) is 7.60. The zero-order chi connectivity index (χ0) is 32.5. The van der Waals surface area contributed by atoms with Crippen molar-refractivity contribution in [3.05, 3.63) is 65.7 Å². The molecule has 0 bridgehead atoms. The second-order valence-electron chi connectivity index (χ2n) is 11.9. The van der Waals surface area contributed by atoms with Gasteiger partial charge in [0.1, 0.15) is 31.0 Å². The van der Waals surface area contributed by atoms with Crippen LogP contribution in [0.2, 0.25) is 0 Å². The molecule has 2 saturated heterocycles. The topological polar surface area (TPSA) is 136 Å². The molecule has 5 unspecified atom stereocenters. The van der Waals surface area contributed by atoms with Crippen LogP contribution in [0.5, 0.6) is 0 Å². The molecule has 0 aromatic heterocycles. The summed E-state index contributed by atoms with van der Waals surface area (Å²) >= 11 is 0. The van der Waals surface area contributed by atoms with E-state index >= 15 is 0 Å². The molecule has 5 atom stereocenters. The quantitative estimate of drug-likeness (QED) is 0.157. The lowest BCUT2D eigenvalue weighted by Gasteiger charge is -2.42. The smallest absolute Gasteiger partial charge is 0.306 e. The van der Waals surface area contributed by atoms with Gasteiger partial charge in [0.2, 0.25) is 5.91 Å². The number of hydrogen-bond donors (Lipinski definition) is 1. The van der Waals surface area contributed by atoms with E-state index in [1.807, 2.05) is 37.3 Å². The van der Waals surface area contributed by atoms with Crippen LogP contribution in [0.25, 0.3) is 0 Å². The van der Waals surface area contributed by atoms with Crippen LogP contribution in [0.4, 0.5) is 0 Å². The number of rotatable bonds is 16. The van der Waals surface area contributed by atoms with Gasteiger partial charge in [0.15, 0.2) is 12.1 Å². The molecule has 0 spiro atoms. The van der Waals surface area contributed by atoms with Crippen molar-refractivity contribution >= 4 is 22.0 Å². The summed E-state index contributed by atoms with van der Waals surface area (Å²) in [6.07, 6.45) is 1.41. The molecule has 1 amide bonds. The fraction of sp³-hybridized carbons (Fsp3) is 0.576. The van der Waals surface area contributed by atoms with E-state index in [1.54, 1.807) is 26.0 Å². The zero-order valence-electron chi connectivity index (χ0n) is 26.4. The Morgan fingerprint density at radius 1 is 0.911 bits per heavy atom. The Hall–Kier alpha value is -2.87. The SMILES string of the molecule is CC(=O)NC1C(OCCCCCCCC(=O)OCc2ccccc2)OC(COS(=O)(=O)c2ccc(C)cc2)C2OC(C)(C)OC12. The molecule has 2 aromatic carbocycles. The van der Waals surface area contributed by atoms with E-state index < -0.39 is 46.5 Å². The van der Waals surface area contributed by atoms with Gasteiger partial charge in [-0.3, -0.25) is 13.8 Å². The predicted molar refractivity (Wildman–Crippen MR) is 164 cm³/mol. The number of esters is 1. The number of nitrogens with one attached hydrogen (secondary N) is 1. The molecule has 1 N–H and O–H groups in total. The standard InChI is InChI=1S/C33H45NO10S/c1-23-16-18-26(19-17-23)45(37,38)41-22-27-30-31(44-33(3,4)43-30)29(34-24(2)35)32(42-27)39-20-12-7-5-6-11-15-28(36)40-21-25-13-9-8-10-14-25/h8-10,13-14,16-19,27,29-32H,5-7,11-12,15,20-22H2,1-4H3,(H,34,35). The minimum absolute atomic E-state index is 0.0392. The first-order valence-electron chi connectivity index (χ1n) is 15.5. The summed E-state index contributed by atoms with van der Waals surface area (Å²) in [5.74, 6) is -1.49. The monoisotopic (exact) mass is 647 g/mol. The first kappa shape index (κ1) is 35.0. The number of benzene rings is 2. The largest absolute Gasteiger partial charge is 0.461 e. The molecule has 45 heavy (non-hydrogen) atoms. The van der Waals surface area contributed by atoms with Crippen LogP contribution in [0.15, 0.2) is 59.5 Å². The maximum atomic E-state index is 12.9. The average Bonchev–Trinajstić information content (AvgIpc) is 3.33. The highest BCUT2D eigenvalue weighted by Gasteiger charge is 2.56. The minimum atomic E-state index is -4.05. The molecule has 2 heterocycles. The van der Waals surface area contributed by atoms with E-state index in [4.69, 9.17) is 27.9 Å². The number of amides is 1. The van der Waals surface area contributed by atoms with Gasteiger partial charge in [-0.1, -0.05) is 67.3 Å². The molecular formula is C33H45NO10S. The van der Waals surface area contributed by atoms with Gasteiger partial charge in [-0.2, -0.15) is 8.42 Å². The lowest BCUT2D eigenvalue weighted by molar-refractivity contribution is -0.249. The summed E-state index contributed by atoms with van der Waals surface area (Å²) in [4.78, 5) is 24.2. The van der Waals surface area contributed by atoms with Crippen LogP contribution >= 0.6 is 0 Å². The summed E-state index contributed by atoms with van der Waals surface area (Å²) < 4.78 is 61.0. The first-order chi connectivity index (χ1) is 21.4. The van der Waals surface area contributed by atoms with Crippen LogP contribution in [0, 0.1) is 6.92 Å². The number of carbonyl (C=O) groups is 2. The second kappa shape index (κ2) is 16.1. The average molecular weight is 648 g/mol. The highest BCUT2D eigenvalue weighted by Crippen LogP contribution is 2.38. The number of carbonyl (C=O) groups excluding carboxylic acids is 2. The molecular weight excluding hydrogens is 602 g/mol. The molecule has 4 rings (SSSR count). The molecule has 2 aliphatic rings. The molecule has 0 saturated carbocycles. The Morgan fingerprint density at radius 2 is 1.58 bits per heavy atom. The summed E-state index contributed by atoms with van der Waals surface area (Å²) in [6.45, 7) is 7.06. The van der Waals surface area contributed by atoms with Crippen LogP contribution < -0.4 is 5.32 Å². The summed E-state index contributed by atoms with van der Waals surface area (Å²) in [7, 11) is -4.05. The number of fused-ring (bicyclic) bond motifs is 1. The Balaban J connectivity index is 1.25. The van der Waals surface area contributed by atoms with E-state index in [9.17, 15) is 18.0 Å². The molecule has 0 radical (unpaired) electrons. The van der Waals surface area contributed by atoms with Crippen molar-refractivity contribution < 1.29 is 45.9 Å². The van der Waals surface area contributed by atoms with Crippen molar-refractivity contribution in [2.24, 2.45) is 0 Å². The molecule has 11 nitrogen and oxygen atoms in total. The van der Waals surface area contributed by atoms with E-state index in [-0.39, 0.29) is 30.0 Å². The van der Waals surface area contributed by atoms with Crippen molar-refractivity contribution in [2.75, 3.05) is 13.2 Å². The Bertz CT molecular complexity index is 1350. The fourth-order valence-corrected chi connectivity index (χ4v) is 6.29. The third kappa shape index (κ3) is 10.6. The summed E-state index contributed by atoms with van der Waals surface area (Å²) in [6, 6.07) is 15.3. The van der Waals surface area contributed by atoms with Crippen molar-refractivity contribution in [1.82, 2.24) is 5.32 Å². The van der Waals surface area contributed by atoms with Gasteiger partial charge in [0.05, 0.1) is 11.5 Å². The van der Waals surface area contributed by atoms with Crippen LogP contribution in [0.1, 0.15) is 70.4 Å². The Morgan fingerprint density at radius 3 is 2.29 bits per heavy atom. The highest BCUT2D eigenvalue weighted by molar-refractivity contribution is 7.86. The van der Waals surface area contributed by atoms with Gasteiger partial charge in [-0.15, -0.1) is 0 Å². The number of ether oxygens (including phenoxy) is 5. The molecule has 2 aromatic rings. The Labute approximate surface area is 266 Å². The van der Waals surface area contributed by atoms with Crippen LogP contribution in [0.3, 0.4) is 0 Å². The molecule has 12 heteroatoms. The predicted octanol–water partition coefficient (Wildman–Crippen LogP) is 4.55. The third-order valence-corrected chi connectivity index (χ3v) is 8.90. The Kier molecular flexibility index (Phi) is 12.5. The maximum absolute atomic E-state index is 12.9. The maximum Gasteiger partial charge on any atom is 0.306 e. The first-order valence-corrected chi connectivity index (χ1v) is 16.9. The van der Waals surface area contributed by atoms with Crippen molar-refractivity contribution in [2.45, 2.75) is 114 Å². The highest BCUT2D eigenvalue weighted by atomic mass is 32.2. The van der Waals surface area contributed by atoms with Gasteiger partial charge >= 0.3 is 5.97 Å². The van der Waals surface area contributed by atoms with Gasteiger partial charge in [-0.25, -0.2) is 0 Å². The number of unbranched alkanes of at least 4 members (excludes halogenated alkanes) is 4. The van der Waals surface area contributed by atoms with Gasteiger partial charge in [0.25, 0.3) is 10.1 Å². The molecule has 2 aliphatic heterocycles.